The van der Waals surface area contributed by atoms with Gasteiger partial charge in [0, 0.05) is 34.9 Å². The van der Waals surface area contributed by atoms with Gasteiger partial charge < -0.3 is 20.0 Å². The predicted octanol–water partition coefficient (Wildman–Crippen LogP) is 7.77. The van der Waals surface area contributed by atoms with Crippen LogP contribution in [0.5, 0.6) is 0 Å². The Bertz CT molecular complexity index is 1620. The number of anilines is 6. The monoisotopic (exact) mass is 508 g/mol. The fourth-order valence-corrected chi connectivity index (χ4v) is 5.57. The number of aryl methyl sites for hydroxylation is 1. The summed E-state index contributed by atoms with van der Waals surface area (Å²) >= 11 is 0. The molecule has 38 heavy (non-hydrogen) atoms. The van der Waals surface area contributed by atoms with Crippen LogP contribution < -0.4 is 20.0 Å². The zero-order chi connectivity index (χ0) is 29.9. The highest BCUT2D eigenvalue weighted by Crippen LogP contribution is 2.45. The SMILES string of the molecule is [2H]N1CN(c2cc(-c3c(C(C)C)cc(C)cc3C(C)C)cc(N3CN(C([2H])([2H])[2H])c4cccnc43)c2)c2ncccc21. The second-order valence-electron chi connectivity index (χ2n) is 10.8. The van der Waals surface area contributed by atoms with Crippen molar-refractivity contribution in [2.24, 2.45) is 0 Å². The molecule has 2 aliphatic rings. The van der Waals surface area contributed by atoms with Crippen LogP contribution in [-0.4, -0.2) is 30.3 Å². The Labute approximate surface area is 231 Å². The van der Waals surface area contributed by atoms with Crippen molar-refractivity contribution in [1.82, 2.24) is 9.97 Å². The van der Waals surface area contributed by atoms with Crippen molar-refractivity contribution < 1.29 is 5.52 Å². The van der Waals surface area contributed by atoms with Crippen LogP contribution in [0.1, 0.15) is 60.3 Å². The van der Waals surface area contributed by atoms with Crippen molar-refractivity contribution in [2.45, 2.75) is 46.5 Å². The number of hydrogen-bond acceptors (Lipinski definition) is 6. The van der Waals surface area contributed by atoms with Gasteiger partial charge in [0.15, 0.2) is 13.0 Å². The molecular weight excluding hydrogens is 468 g/mol. The van der Waals surface area contributed by atoms with Gasteiger partial charge in [-0.1, -0.05) is 45.4 Å². The van der Waals surface area contributed by atoms with Crippen LogP contribution in [0.4, 0.5) is 34.4 Å². The maximum absolute atomic E-state index is 8.59. The van der Waals surface area contributed by atoms with Crippen LogP contribution in [-0.2, 0) is 0 Å². The van der Waals surface area contributed by atoms with Gasteiger partial charge in [-0.05, 0) is 83.5 Å². The third kappa shape index (κ3) is 4.05. The summed E-state index contributed by atoms with van der Waals surface area (Å²) < 4.78 is 33.2. The molecule has 0 unspecified atom stereocenters. The lowest BCUT2D eigenvalue weighted by Gasteiger charge is -2.26. The minimum atomic E-state index is -2.32. The second-order valence-corrected chi connectivity index (χ2v) is 10.8. The molecule has 2 aromatic carbocycles. The van der Waals surface area contributed by atoms with Gasteiger partial charge in [-0.25, -0.2) is 9.97 Å². The molecule has 2 aromatic heterocycles. The summed E-state index contributed by atoms with van der Waals surface area (Å²) in [6.07, 6.45) is 3.45. The zero-order valence-electron chi connectivity index (χ0n) is 26.6. The van der Waals surface area contributed by atoms with Crippen molar-refractivity contribution in [2.75, 3.05) is 40.3 Å². The Morgan fingerprint density at radius 3 is 2.21 bits per heavy atom. The molecule has 0 bridgehead atoms. The van der Waals surface area contributed by atoms with Crippen molar-refractivity contribution >= 4 is 34.4 Å². The molecule has 0 radical (unpaired) electrons. The van der Waals surface area contributed by atoms with Gasteiger partial charge in [-0.3, -0.25) is 0 Å². The molecule has 4 aromatic rings. The Balaban J connectivity index is 1.60. The lowest BCUT2D eigenvalue weighted by atomic mass is 9.83. The Hall–Kier alpha value is -4.06. The van der Waals surface area contributed by atoms with Crippen LogP contribution >= 0.6 is 0 Å². The number of hydrogen-bond donors (Lipinski definition) is 1. The van der Waals surface area contributed by atoms with E-state index in [0.29, 0.717) is 30.0 Å². The third-order valence-corrected chi connectivity index (χ3v) is 7.40. The van der Waals surface area contributed by atoms with E-state index in [2.05, 4.69) is 74.9 Å². The fraction of sp³-hybridized carbons (Fsp3) is 0.312. The number of aromatic nitrogens is 2. The van der Waals surface area contributed by atoms with E-state index in [9.17, 15) is 0 Å². The topological polar surface area (TPSA) is 47.5 Å². The number of benzene rings is 2. The summed E-state index contributed by atoms with van der Waals surface area (Å²) in [6, 6.07) is 18.3. The largest absolute Gasteiger partial charge is 0.364 e. The fourth-order valence-electron chi connectivity index (χ4n) is 5.57. The van der Waals surface area contributed by atoms with Gasteiger partial charge in [0.05, 0.1) is 24.7 Å². The quantitative estimate of drug-likeness (QED) is 0.297. The van der Waals surface area contributed by atoms with E-state index in [1.165, 1.54) is 32.5 Å². The number of pyridine rings is 2. The molecule has 6 nitrogen and oxygen atoms in total. The average molecular weight is 509 g/mol. The molecule has 0 aliphatic carbocycles. The van der Waals surface area contributed by atoms with Crippen molar-refractivity contribution in [3.63, 3.8) is 0 Å². The van der Waals surface area contributed by atoms with Gasteiger partial charge in [-0.15, -0.1) is 0 Å². The van der Waals surface area contributed by atoms with E-state index in [0.717, 1.165) is 28.4 Å². The molecule has 4 heterocycles. The molecule has 0 saturated carbocycles. The van der Waals surface area contributed by atoms with Crippen molar-refractivity contribution in [1.29, 1.82) is 0 Å². The first-order chi connectivity index (χ1) is 19.9. The van der Waals surface area contributed by atoms with E-state index in [1.807, 2.05) is 28.0 Å². The molecule has 0 amide bonds. The molecule has 6 heteroatoms. The minimum Gasteiger partial charge on any atom is -0.364 e. The molecule has 194 valence electrons. The Morgan fingerprint density at radius 1 is 0.868 bits per heavy atom. The Kier molecular flexibility index (Phi) is 4.92. The summed E-state index contributed by atoms with van der Waals surface area (Å²) in [7, 11) is 0. The summed E-state index contributed by atoms with van der Waals surface area (Å²) in [5.74, 6) is 1.91. The molecule has 2 aliphatic heterocycles. The normalized spacial score (nSPS) is 16.5. The maximum Gasteiger partial charge on any atom is 0.162 e. The van der Waals surface area contributed by atoms with Crippen LogP contribution in [0.15, 0.2) is 67.0 Å². The number of nitrogens with one attached hydrogen (secondary N) is 1. The van der Waals surface area contributed by atoms with E-state index in [4.69, 9.17) is 5.52 Å². The van der Waals surface area contributed by atoms with Crippen LogP contribution in [0.2, 0.25) is 1.41 Å². The van der Waals surface area contributed by atoms with Gasteiger partial charge in [0.25, 0.3) is 0 Å². The molecule has 0 atom stereocenters. The summed E-state index contributed by atoms with van der Waals surface area (Å²) in [5, 5.41) is 1.45. The third-order valence-electron chi connectivity index (χ3n) is 7.40. The van der Waals surface area contributed by atoms with Gasteiger partial charge in [-0.2, -0.15) is 0 Å². The lowest BCUT2D eigenvalue weighted by Crippen LogP contribution is -2.25. The van der Waals surface area contributed by atoms with Crippen molar-refractivity contribution in [3.05, 3.63) is 83.7 Å². The van der Waals surface area contributed by atoms with Crippen LogP contribution in [0.3, 0.4) is 0 Å². The standard InChI is InChI=1S/C32H36N6/c1-20(2)26-13-22(5)14-27(21(3)4)30(26)23-15-24(37-18-35-28-9-7-11-33-31(28)37)17-25(16-23)38-19-36(6)29-10-8-12-34-32(29)38/h7-17,20-21,35H,18-19H2,1-6H3/i6D3/hD. The van der Waals surface area contributed by atoms with Gasteiger partial charge in [0.2, 0.25) is 0 Å². The summed E-state index contributed by atoms with van der Waals surface area (Å²) in [5.41, 5.74) is 9.05. The maximum atomic E-state index is 8.59. The van der Waals surface area contributed by atoms with E-state index < -0.39 is 6.98 Å². The first kappa shape index (κ1) is 20.0. The van der Waals surface area contributed by atoms with Gasteiger partial charge in [0.1, 0.15) is 0 Å². The van der Waals surface area contributed by atoms with Crippen LogP contribution in [0, 0.1) is 6.92 Å². The molecular formula is C32H36N6. The number of rotatable bonds is 5. The number of nitrogens with zero attached hydrogens (tertiary/aromatic N) is 5. The predicted molar refractivity (Wildman–Crippen MR) is 159 cm³/mol. The zero-order valence-corrected chi connectivity index (χ0v) is 22.6. The van der Waals surface area contributed by atoms with Crippen molar-refractivity contribution in [3.8, 4) is 11.1 Å². The highest BCUT2D eigenvalue weighted by Gasteiger charge is 2.29. The number of fused-ring (bicyclic) bond motifs is 2. The molecule has 0 fully saturated rings. The first-order valence-electron chi connectivity index (χ1n) is 15.2. The average Bonchev–Trinajstić information content (AvgIpc) is 3.51. The molecule has 0 saturated heterocycles. The van der Waals surface area contributed by atoms with Crippen LogP contribution in [0.25, 0.3) is 11.1 Å². The summed E-state index contributed by atoms with van der Waals surface area (Å²) in [4.78, 5) is 14.7. The highest BCUT2D eigenvalue weighted by molar-refractivity contribution is 5.88. The highest BCUT2D eigenvalue weighted by atomic mass is 15.4. The summed E-state index contributed by atoms with van der Waals surface area (Å²) in [6.45, 7) is 9.20. The molecule has 6 rings (SSSR count). The van der Waals surface area contributed by atoms with Gasteiger partial charge >= 0.3 is 0 Å². The minimum absolute atomic E-state index is 0.146. The van der Waals surface area contributed by atoms with E-state index >= 15 is 0 Å². The first-order valence-corrected chi connectivity index (χ1v) is 13.2. The lowest BCUT2D eigenvalue weighted by molar-refractivity contribution is 0.835. The smallest absolute Gasteiger partial charge is 0.162 e. The second kappa shape index (κ2) is 9.35. The Morgan fingerprint density at radius 2 is 1.53 bits per heavy atom. The molecule has 0 spiro atoms. The molecule has 1 N–H and O–H groups in total. The van der Waals surface area contributed by atoms with E-state index in [-0.39, 0.29) is 6.67 Å². The van der Waals surface area contributed by atoms with E-state index in [1.54, 1.807) is 18.5 Å².